The third-order valence-electron chi connectivity index (χ3n) is 5.94. The molecule has 0 unspecified atom stereocenters. The van der Waals surface area contributed by atoms with Crippen molar-refractivity contribution in [3.05, 3.63) is 59.8 Å². The van der Waals surface area contributed by atoms with Gasteiger partial charge in [-0.05, 0) is 0 Å². The maximum atomic E-state index is 4.80. The van der Waals surface area contributed by atoms with Gasteiger partial charge in [0.05, 0.1) is 0 Å². The number of aromatic nitrogens is 4. The molecule has 0 bridgehead atoms. The van der Waals surface area contributed by atoms with Gasteiger partial charge in [0, 0.05) is 0 Å². The molecular formula is C28H30N4Se. The van der Waals surface area contributed by atoms with Gasteiger partial charge in [-0.1, -0.05) is 0 Å². The van der Waals surface area contributed by atoms with Gasteiger partial charge in [0.2, 0.25) is 0 Å². The van der Waals surface area contributed by atoms with Crippen LogP contribution in [0.15, 0.2) is 42.9 Å². The second kappa shape index (κ2) is 7.72. The van der Waals surface area contributed by atoms with E-state index in [9.17, 15) is 0 Å². The summed E-state index contributed by atoms with van der Waals surface area (Å²) in [6, 6.07) is 11.4. The fourth-order valence-corrected chi connectivity index (χ4v) is 7.07. The first kappa shape index (κ1) is 22.2. The number of aryl methyl sites for hydroxylation is 1. The summed E-state index contributed by atoms with van der Waals surface area (Å²) in [5.41, 5.74) is 7.15. The molecule has 0 saturated heterocycles. The Kier molecular flexibility index (Phi) is 5.19. The Hall–Kier alpha value is -2.62. The predicted molar refractivity (Wildman–Crippen MR) is 139 cm³/mol. The van der Waals surface area contributed by atoms with Gasteiger partial charge in [-0.15, -0.1) is 0 Å². The predicted octanol–water partition coefficient (Wildman–Crippen LogP) is 6.64. The standard InChI is InChI=1S/C28H30N4Se/c1-16-29-14-19-11-18(12-21(23(19)32-16)28(5,6)7)24-26-25(31-15-30-24)20-9-8-17(10-22(20)33-26)13-27(2,3)4/h8-12,14-15H,13H2,1-7H3. The summed E-state index contributed by atoms with van der Waals surface area (Å²) in [7, 11) is 0. The molecule has 0 spiro atoms. The van der Waals surface area contributed by atoms with E-state index in [1.807, 2.05) is 13.1 Å². The van der Waals surface area contributed by atoms with Crippen molar-refractivity contribution in [1.29, 1.82) is 0 Å². The summed E-state index contributed by atoms with van der Waals surface area (Å²) in [6.07, 6.45) is 4.73. The average molecular weight is 502 g/mol. The summed E-state index contributed by atoms with van der Waals surface area (Å²) >= 11 is 0.176. The zero-order valence-electron chi connectivity index (χ0n) is 20.4. The van der Waals surface area contributed by atoms with Crippen LogP contribution in [0.5, 0.6) is 0 Å². The molecule has 5 rings (SSSR count). The van der Waals surface area contributed by atoms with Gasteiger partial charge in [-0.3, -0.25) is 0 Å². The van der Waals surface area contributed by atoms with Gasteiger partial charge in [0.1, 0.15) is 0 Å². The first-order valence-electron chi connectivity index (χ1n) is 11.4. The Morgan fingerprint density at radius 1 is 0.879 bits per heavy atom. The van der Waals surface area contributed by atoms with Gasteiger partial charge in [-0.25, -0.2) is 0 Å². The van der Waals surface area contributed by atoms with Crippen LogP contribution in [0.3, 0.4) is 0 Å². The molecule has 0 aliphatic carbocycles. The van der Waals surface area contributed by atoms with E-state index in [-0.39, 0.29) is 25.3 Å². The minimum atomic E-state index is -0.0405. The van der Waals surface area contributed by atoms with Crippen LogP contribution >= 0.6 is 0 Å². The Labute approximate surface area is 201 Å². The molecule has 4 nitrogen and oxygen atoms in total. The molecular weight excluding hydrogens is 471 g/mol. The summed E-state index contributed by atoms with van der Waals surface area (Å²) in [4.78, 5) is 18.8. The average Bonchev–Trinajstić information content (AvgIpc) is 3.08. The molecule has 33 heavy (non-hydrogen) atoms. The van der Waals surface area contributed by atoms with Crippen molar-refractivity contribution in [3.8, 4) is 11.3 Å². The zero-order valence-corrected chi connectivity index (χ0v) is 22.2. The van der Waals surface area contributed by atoms with E-state index in [1.54, 1.807) is 6.33 Å². The third-order valence-corrected chi connectivity index (χ3v) is 8.35. The Morgan fingerprint density at radius 3 is 2.39 bits per heavy atom. The van der Waals surface area contributed by atoms with Crippen LogP contribution < -0.4 is 0 Å². The van der Waals surface area contributed by atoms with Crippen molar-refractivity contribution in [3.63, 3.8) is 0 Å². The molecule has 5 aromatic rings. The van der Waals surface area contributed by atoms with Crippen molar-refractivity contribution in [1.82, 2.24) is 19.9 Å². The third kappa shape index (κ3) is 4.20. The van der Waals surface area contributed by atoms with Crippen LogP contribution in [0.25, 0.3) is 41.6 Å². The van der Waals surface area contributed by atoms with Crippen molar-refractivity contribution in [2.24, 2.45) is 5.41 Å². The zero-order chi connectivity index (χ0) is 23.5. The van der Waals surface area contributed by atoms with Gasteiger partial charge in [0.25, 0.3) is 0 Å². The molecule has 3 heterocycles. The van der Waals surface area contributed by atoms with Crippen molar-refractivity contribution in [2.75, 3.05) is 0 Å². The summed E-state index contributed by atoms with van der Waals surface area (Å²) < 4.78 is 2.69. The maximum absolute atomic E-state index is 4.80. The van der Waals surface area contributed by atoms with Crippen molar-refractivity contribution >= 4 is 44.8 Å². The van der Waals surface area contributed by atoms with Gasteiger partial charge in [0.15, 0.2) is 0 Å². The fourth-order valence-electron chi connectivity index (χ4n) is 4.49. The molecule has 168 valence electrons. The molecule has 0 fully saturated rings. The minimum absolute atomic E-state index is 0.0405. The van der Waals surface area contributed by atoms with Gasteiger partial charge in [-0.2, -0.15) is 0 Å². The number of rotatable bonds is 2. The SMILES string of the molecule is Cc1ncc2cc(-c3ncnc4c3[se]c3cc(CC(C)(C)C)ccc34)cc(C(C)(C)C)c2n1. The van der Waals surface area contributed by atoms with E-state index in [1.165, 1.54) is 25.0 Å². The van der Waals surface area contributed by atoms with E-state index in [0.29, 0.717) is 0 Å². The number of hydrogen-bond donors (Lipinski definition) is 0. The van der Waals surface area contributed by atoms with Crippen LogP contribution in [-0.2, 0) is 11.8 Å². The molecule has 0 saturated carbocycles. The molecule has 2 aromatic carbocycles. The Morgan fingerprint density at radius 2 is 1.67 bits per heavy atom. The van der Waals surface area contributed by atoms with Gasteiger partial charge < -0.3 is 0 Å². The molecule has 0 N–H and O–H groups in total. The number of nitrogens with zero attached hydrogens (tertiary/aromatic N) is 4. The van der Waals surface area contributed by atoms with E-state index < -0.39 is 0 Å². The van der Waals surface area contributed by atoms with Crippen LogP contribution in [0, 0.1) is 12.3 Å². The topological polar surface area (TPSA) is 51.6 Å². The second-order valence-corrected chi connectivity index (χ2v) is 13.4. The van der Waals surface area contributed by atoms with Gasteiger partial charge >= 0.3 is 202 Å². The molecule has 3 aromatic heterocycles. The molecule has 0 radical (unpaired) electrons. The van der Waals surface area contributed by atoms with Crippen molar-refractivity contribution in [2.45, 2.75) is 60.3 Å². The number of hydrogen-bond acceptors (Lipinski definition) is 4. The van der Waals surface area contributed by atoms with Crippen LogP contribution in [0.1, 0.15) is 58.5 Å². The first-order chi connectivity index (χ1) is 15.5. The molecule has 0 aliphatic heterocycles. The summed E-state index contributed by atoms with van der Waals surface area (Å²) in [5.74, 6) is 0.800. The number of fused-ring (bicyclic) bond motifs is 4. The summed E-state index contributed by atoms with van der Waals surface area (Å²) in [6.45, 7) is 15.5. The molecule has 0 atom stereocenters. The van der Waals surface area contributed by atoms with Crippen LogP contribution in [0.4, 0.5) is 0 Å². The molecule has 0 aliphatic rings. The Balaban J connectivity index is 1.74. The quantitative estimate of drug-likeness (QED) is 0.254. The fraction of sp³-hybridized carbons (Fsp3) is 0.357. The van der Waals surface area contributed by atoms with E-state index in [2.05, 4.69) is 76.9 Å². The molecule has 0 amide bonds. The van der Waals surface area contributed by atoms with E-state index in [4.69, 9.17) is 15.0 Å². The molecule has 5 heteroatoms. The van der Waals surface area contributed by atoms with Crippen LogP contribution in [0.2, 0.25) is 0 Å². The summed E-state index contributed by atoms with van der Waals surface area (Å²) in [5, 5.41) is 2.33. The Bertz CT molecular complexity index is 1520. The van der Waals surface area contributed by atoms with Crippen LogP contribution in [-0.4, -0.2) is 34.4 Å². The van der Waals surface area contributed by atoms with E-state index in [0.717, 1.165) is 39.9 Å². The van der Waals surface area contributed by atoms with E-state index >= 15 is 0 Å². The normalized spacial score (nSPS) is 12.8. The number of benzene rings is 2. The monoisotopic (exact) mass is 502 g/mol. The second-order valence-electron chi connectivity index (χ2n) is 11.2. The first-order valence-corrected chi connectivity index (χ1v) is 13.2. The van der Waals surface area contributed by atoms with Crippen molar-refractivity contribution < 1.29 is 0 Å².